The minimum Gasteiger partial charge on any atom is -0.0799 e. The molecule has 0 nitrogen and oxygen atoms in total. The van der Waals surface area contributed by atoms with Gasteiger partial charge in [-0.1, -0.05) is 51.2 Å². The van der Waals surface area contributed by atoms with Crippen molar-refractivity contribution in [3.05, 3.63) is 0 Å². The number of hydrogen-bond donors (Lipinski definition) is 0. The van der Waals surface area contributed by atoms with E-state index in [1.165, 1.54) is 25.6 Å². The summed E-state index contributed by atoms with van der Waals surface area (Å²) in [6, 6.07) is 0. The van der Waals surface area contributed by atoms with E-state index in [4.69, 9.17) is 0 Å². The molecule has 1 heterocycles. The first-order valence-electron chi connectivity index (χ1n) is 4.14. The molecule has 0 saturated carbocycles. The fourth-order valence-corrected chi connectivity index (χ4v) is 1.58. The second-order valence-corrected chi connectivity index (χ2v) is 3.43. The fraction of sp³-hybridized carbons (Fsp3) is 1.00. The van der Waals surface area contributed by atoms with Gasteiger partial charge in [0.15, 0.2) is 0 Å². The summed E-state index contributed by atoms with van der Waals surface area (Å²) < 4.78 is 0. The first kappa shape index (κ1) is 7.18. The van der Waals surface area contributed by atoms with Gasteiger partial charge in [-0.3, -0.25) is 0 Å². The average Bonchev–Trinajstić information content (AvgIpc) is 1.90. The van der Waals surface area contributed by atoms with E-state index in [1.807, 2.05) is 0 Å². The van der Waals surface area contributed by atoms with Gasteiger partial charge in [0, 0.05) is 0 Å². The van der Waals surface area contributed by atoms with Crippen LogP contribution in [0.5, 0.6) is 0 Å². The van der Waals surface area contributed by atoms with Gasteiger partial charge in [-0.15, -0.1) is 0 Å². The zero-order chi connectivity index (χ0) is 6.69. The van der Waals surface area contributed by atoms with Crippen LogP contribution in [-0.4, -0.2) is 7.28 Å². The van der Waals surface area contributed by atoms with Crippen LogP contribution in [0.4, 0.5) is 0 Å². The molecular weight excluding hydrogens is 107 g/mol. The highest BCUT2D eigenvalue weighted by molar-refractivity contribution is 6.37. The summed E-state index contributed by atoms with van der Waals surface area (Å²) in [7, 11) is 2.51. The fourth-order valence-electron chi connectivity index (χ4n) is 1.58. The smallest absolute Gasteiger partial charge is 0.0799 e. The Morgan fingerprint density at radius 1 is 1.33 bits per heavy atom. The zero-order valence-electron chi connectivity index (χ0n) is 6.56. The first-order valence-corrected chi connectivity index (χ1v) is 4.14. The van der Waals surface area contributed by atoms with Gasteiger partial charge in [-0.05, 0) is 0 Å². The molecule has 9 heavy (non-hydrogen) atoms. The van der Waals surface area contributed by atoms with Crippen LogP contribution in [0.3, 0.4) is 0 Å². The highest BCUT2D eigenvalue weighted by atomic mass is 14.1. The van der Waals surface area contributed by atoms with E-state index in [0.717, 1.165) is 11.7 Å². The Balaban J connectivity index is 2.23. The third-order valence-electron chi connectivity index (χ3n) is 2.32. The number of hydrogen-bond acceptors (Lipinski definition) is 0. The maximum Gasteiger partial charge on any atom is 0.113 e. The lowest BCUT2D eigenvalue weighted by molar-refractivity contribution is 0.508. The molecule has 1 atom stereocenters. The third-order valence-corrected chi connectivity index (χ3v) is 2.32. The van der Waals surface area contributed by atoms with Crippen molar-refractivity contribution >= 4 is 7.28 Å². The molecule has 1 unspecified atom stereocenters. The van der Waals surface area contributed by atoms with E-state index in [9.17, 15) is 0 Å². The summed E-state index contributed by atoms with van der Waals surface area (Å²) in [6.07, 6.45) is 5.70. The third kappa shape index (κ3) is 2.04. The van der Waals surface area contributed by atoms with Gasteiger partial charge in [-0.25, -0.2) is 0 Å². The van der Waals surface area contributed by atoms with Gasteiger partial charge in [-0.2, -0.15) is 0 Å². The minimum atomic E-state index is 0.880. The van der Waals surface area contributed by atoms with Crippen molar-refractivity contribution in [1.29, 1.82) is 0 Å². The zero-order valence-corrected chi connectivity index (χ0v) is 6.56. The Labute approximate surface area is 59.3 Å². The summed E-state index contributed by atoms with van der Waals surface area (Å²) in [5.74, 6) is 1.81. The van der Waals surface area contributed by atoms with E-state index in [-0.39, 0.29) is 0 Å². The van der Waals surface area contributed by atoms with Crippen molar-refractivity contribution in [2.75, 3.05) is 0 Å². The molecule has 1 saturated heterocycles. The van der Waals surface area contributed by atoms with Crippen molar-refractivity contribution < 1.29 is 0 Å². The quantitative estimate of drug-likeness (QED) is 0.470. The van der Waals surface area contributed by atoms with Crippen LogP contribution in [0.15, 0.2) is 0 Å². The summed E-state index contributed by atoms with van der Waals surface area (Å²) in [4.78, 5) is 0. The predicted octanol–water partition coefficient (Wildman–Crippen LogP) is 2.74. The Kier molecular flexibility index (Phi) is 2.62. The Hall–Kier alpha value is 0.0649. The SMILES string of the molecule is CC(C)C1[B]CCCC1. The van der Waals surface area contributed by atoms with Gasteiger partial charge >= 0.3 is 0 Å². The number of rotatable bonds is 1. The van der Waals surface area contributed by atoms with Gasteiger partial charge in [0.2, 0.25) is 0 Å². The Morgan fingerprint density at radius 3 is 2.44 bits per heavy atom. The lowest BCUT2D eigenvalue weighted by Gasteiger charge is -2.23. The van der Waals surface area contributed by atoms with Crippen LogP contribution >= 0.6 is 0 Å². The van der Waals surface area contributed by atoms with Gasteiger partial charge in [0.1, 0.15) is 7.28 Å². The van der Waals surface area contributed by atoms with Crippen LogP contribution in [-0.2, 0) is 0 Å². The van der Waals surface area contributed by atoms with Crippen molar-refractivity contribution in [3.63, 3.8) is 0 Å². The molecule has 1 aliphatic rings. The summed E-state index contributed by atoms with van der Waals surface area (Å²) >= 11 is 0. The summed E-state index contributed by atoms with van der Waals surface area (Å²) in [5.41, 5.74) is 0. The standard InChI is InChI=1S/C8H16B/c1-7(2)8-5-3-4-6-9-8/h7-8H,3-6H2,1-2H3. The molecule has 0 aromatic rings. The van der Waals surface area contributed by atoms with E-state index >= 15 is 0 Å². The molecule has 1 aliphatic heterocycles. The highest BCUT2D eigenvalue weighted by Crippen LogP contribution is 2.29. The predicted molar refractivity (Wildman–Crippen MR) is 43.0 cm³/mol. The molecule has 1 heteroatoms. The Morgan fingerprint density at radius 2 is 2.11 bits per heavy atom. The van der Waals surface area contributed by atoms with E-state index in [1.54, 1.807) is 0 Å². The molecule has 1 rings (SSSR count). The molecule has 0 N–H and O–H groups in total. The topological polar surface area (TPSA) is 0 Å². The molecule has 0 bridgehead atoms. The van der Waals surface area contributed by atoms with Crippen LogP contribution in [0.1, 0.15) is 33.1 Å². The van der Waals surface area contributed by atoms with Crippen molar-refractivity contribution in [2.24, 2.45) is 5.92 Å². The van der Waals surface area contributed by atoms with Crippen LogP contribution in [0, 0.1) is 5.92 Å². The second kappa shape index (κ2) is 3.29. The molecule has 0 spiro atoms. The van der Waals surface area contributed by atoms with E-state index in [0.29, 0.717) is 0 Å². The molecule has 0 aliphatic carbocycles. The van der Waals surface area contributed by atoms with Crippen molar-refractivity contribution in [2.45, 2.75) is 45.2 Å². The molecular formula is C8H16B. The van der Waals surface area contributed by atoms with Crippen molar-refractivity contribution in [1.82, 2.24) is 0 Å². The van der Waals surface area contributed by atoms with Gasteiger partial charge in [0.05, 0.1) is 0 Å². The van der Waals surface area contributed by atoms with Crippen LogP contribution in [0.25, 0.3) is 0 Å². The molecule has 1 fully saturated rings. The van der Waals surface area contributed by atoms with Gasteiger partial charge in [0.25, 0.3) is 0 Å². The summed E-state index contributed by atoms with van der Waals surface area (Å²) in [5, 5.41) is 0. The monoisotopic (exact) mass is 123 g/mol. The maximum atomic E-state index is 2.51. The maximum absolute atomic E-state index is 2.51. The average molecular weight is 123 g/mol. The van der Waals surface area contributed by atoms with Crippen LogP contribution in [0.2, 0.25) is 12.1 Å². The van der Waals surface area contributed by atoms with Crippen molar-refractivity contribution in [3.8, 4) is 0 Å². The highest BCUT2D eigenvalue weighted by Gasteiger charge is 2.16. The molecule has 0 aromatic heterocycles. The minimum absolute atomic E-state index is 0.880. The molecule has 0 amide bonds. The molecule has 51 valence electrons. The first-order chi connectivity index (χ1) is 4.30. The van der Waals surface area contributed by atoms with Gasteiger partial charge < -0.3 is 0 Å². The van der Waals surface area contributed by atoms with E-state index in [2.05, 4.69) is 21.1 Å². The van der Waals surface area contributed by atoms with Crippen LogP contribution < -0.4 is 0 Å². The largest absolute Gasteiger partial charge is 0.113 e. The normalized spacial score (nSPS) is 28.1. The lowest BCUT2D eigenvalue weighted by Crippen LogP contribution is -2.14. The lowest BCUT2D eigenvalue weighted by atomic mass is 9.52. The summed E-state index contributed by atoms with van der Waals surface area (Å²) in [6.45, 7) is 4.65. The van der Waals surface area contributed by atoms with E-state index < -0.39 is 0 Å². The molecule has 1 radical (unpaired) electrons. The Bertz CT molecular complexity index is 72.6. The second-order valence-electron chi connectivity index (χ2n) is 3.43. The molecule has 0 aromatic carbocycles.